The standard InChI is InChI=1S/C23H26N2O3S/c1-2-3-6-17-9-11-18(12-10-17)22(20-8-5-16-29-20)25-21(26)13-14-24-23(27)19-7-4-15-28-19/h4-5,7-12,15-16,22H,2-3,6,13-14H2,1H3,(H,24,27)(H,25,26). The zero-order valence-corrected chi connectivity index (χ0v) is 17.3. The molecule has 1 unspecified atom stereocenters. The van der Waals surface area contributed by atoms with Crippen LogP contribution in [0, 0.1) is 0 Å². The molecule has 0 aliphatic carbocycles. The third-order valence-electron chi connectivity index (χ3n) is 4.65. The Morgan fingerprint density at radius 3 is 2.59 bits per heavy atom. The Hall–Kier alpha value is -2.86. The molecule has 0 fully saturated rings. The lowest BCUT2D eigenvalue weighted by molar-refractivity contribution is -0.121. The second kappa shape index (κ2) is 10.6. The zero-order valence-electron chi connectivity index (χ0n) is 16.5. The predicted octanol–water partition coefficient (Wildman–Crippen LogP) is 4.71. The minimum atomic E-state index is -0.319. The van der Waals surface area contributed by atoms with Crippen LogP contribution in [-0.4, -0.2) is 18.4 Å². The summed E-state index contributed by atoms with van der Waals surface area (Å²) in [6.45, 7) is 2.44. The highest BCUT2D eigenvalue weighted by molar-refractivity contribution is 7.10. The molecule has 5 nitrogen and oxygen atoms in total. The lowest BCUT2D eigenvalue weighted by Gasteiger charge is -2.19. The first-order chi connectivity index (χ1) is 14.2. The van der Waals surface area contributed by atoms with Gasteiger partial charge in [-0.1, -0.05) is 43.7 Å². The van der Waals surface area contributed by atoms with E-state index in [4.69, 9.17) is 4.42 Å². The van der Waals surface area contributed by atoms with E-state index in [1.807, 2.05) is 17.5 Å². The van der Waals surface area contributed by atoms with Crippen LogP contribution in [0.15, 0.2) is 64.6 Å². The first-order valence-electron chi connectivity index (χ1n) is 9.90. The lowest BCUT2D eigenvalue weighted by atomic mass is 10.0. The summed E-state index contributed by atoms with van der Waals surface area (Å²) in [6, 6.07) is 15.5. The molecule has 0 aliphatic heterocycles. The van der Waals surface area contributed by atoms with E-state index in [9.17, 15) is 9.59 Å². The van der Waals surface area contributed by atoms with Gasteiger partial charge in [-0.05, 0) is 47.5 Å². The maximum absolute atomic E-state index is 12.5. The number of hydrogen-bond acceptors (Lipinski definition) is 4. The SMILES string of the molecule is CCCCc1ccc(C(NC(=O)CCNC(=O)c2ccco2)c2cccs2)cc1. The maximum atomic E-state index is 12.5. The van der Waals surface area contributed by atoms with Crippen LogP contribution in [0.5, 0.6) is 0 Å². The van der Waals surface area contributed by atoms with E-state index in [1.54, 1.807) is 23.5 Å². The minimum absolute atomic E-state index is 0.113. The first kappa shape index (κ1) is 20.9. The molecule has 0 radical (unpaired) electrons. The van der Waals surface area contributed by atoms with E-state index in [0.717, 1.165) is 16.9 Å². The Labute approximate surface area is 175 Å². The summed E-state index contributed by atoms with van der Waals surface area (Å²) in [6.07, 6.45) is 5.06. The van der Waals surface area contributed by atoms with Gasteiger partial charge in [0.1, 0.15) is 0 Å². The zero-order chi connectivity index (χ0) is 20.5. The van der Waals surface area contributed by atoms with Gasteiger partial charge in [-0.15, -0.1) is 11.3 Å². The molecule has 1 atom stereocenters. The van der Waals surface area contributed by atoms with Gasteiger partial charge < -0.3 is 15.1 Å². The highest BCUT2D eigenvalue weighted by Crippen LogP contribution is 2.26. The van der Waals surface area contributed by atoms with Crippen LogP contribution < -0.4 is 10.6 Å². The van der Waals surface area contributed by atoms with Crippen molar-refractivity contribution in [3.8, 4) is 0 Å². The quantitative estimate of drug-likeness (QED) is 0.508. The van der Waals surface area contributed by atoms with E-state index in [0.29, 0.717) is 0 Å². The summed E-state index contributed by atoms with van der Waals surface area (Å²) in [7, 11) is 0. The number of aryl methyl sites for hydroxylation is 1. The van der Waals surface area contributed by atoms with E-state index >= 15 is 0 Å². The number of thiophene rings is 1. The molecule has 3 rings (SSSR count). The van der Waals surface area contributed by atoms with Gasteiger partial charge in [-0.3, -0.25) is 9.59 Å². The average molecular weight is 411 g/mol. The van der Waals surface area contributed by atoms with Crippen molar-refractivity contribution < 1.29 is 14.0 Å². The second-order valence-corrected chi connectivity index (χ2v) is 7.82. The van der Waals surface area contributed by atoms with Gasteiger partial charge >= 0.3 is 0 Å². The molecule has 1 aromatic carbocycles. The van der Waals surface area contributed by atoms with E-state index in [-0.39, 0.29) is 36.6 Å². The van der Waals surface area contributed by atoms with Crippen molar-refractivity contribution in [2.45, 2.75) is 38.6 Å². The number of carbonyl (C=O) groups excluding carboxylic acids is 2. The number of benzene rings is 1. The topological polar surface area (TPSA) is 71.3 Å². The molecule has 0 spiro atoms. The fourth-order valence-electron chi connectivity index (χ4n) is 3.05. The Bertz CT molecular complexity index is 887. The molecule has 6 heteroatoms. The molecular weight excluding hydrogens is 384 g/mol. The van der Waals surface area contributed by atoms with Crippen LogP contribution in [-0.2, 0) is 11.2 Å². The Balaban J connectivity index is 1.59. The van der Waals surface area contributed by atoms with Crippen LogP contribution >= 0.6 is 11.3 Å². The van der Waals surface area contributed by atoms with Gasteiger partial charge in [0.25, 0.3) is 5.91 Å². The fourth-order valence-corrected chi connectivity index (χ4v) is 3.85. The third kappa shape index (κ3) is 6.06. The van der Waals surface area contributed by atoms with Gasteiger partial charge in [0.15, 0.2) is 5.76 Å². The van der Waals surface area contributed by atoms with Gasteiger partial charge in [0.2, 0.25) is 5.91 Å². The monoisotopic (exact) mass is 410 g/mol. The Morgan fingerprint density at radius 2 is 1.93 bits per heavy atom. The Kier molecular flexibility index (Phi) is 7.64. The molecule has 0 aliphatic rings. The molecular formula is C23H26N2O3S. The van der Waals surface area contributed by atoms with Crippen molar-refractivity contribution in [3.05, 3.63) is 81.9 Å². The number of unbranched alkanes of at least 4 members (excludes halogenated alkanes) is 1. The number of amides is 2. The van der Waals surface area contributed by atoms with E-state index in [1.165, 1.54) is 24.7 Å². The third-order valence-corrected chi connectivity index (χ3v) is 5.58. The van der Waals surface area contributed by atoms with Crippen molar-refractivity contribution in [2.24, 2.45) is 0 Å². The molecule has 2 amide bonds. The first-order valence-corrected chi connectivity index (χ1v) is 10.8. The second-order valence-electron chi connectivity index (χ2n) is 6.84. The normalized spacial score (nSPS) is 11.8. The van der Waals surface area contributed by atoms with Crippen molar-refractivity contribution in [3.63, 3.8) is 0 Å². The highest BCUT2D eigenvalue weighted by atomic mass is 32.1. The summed E-state index contributed by atoms with van der Waals surface area (Å²) < 4.78 is 5.05. The van der Waals surface area contributed by atoms with E-state index in [2.05, 4.69) is 41.8 Å². The van der Waals surface area contributed by atoms with Crippen LogP contribution in [0.4, 0.5) is 0 Å². The molecule has 29 heavy (non-hydrogen) atoms. The number of rotatable bonds is 10. The van der Waals surface area contributed by atoms with Crippen molar-refractivity contribution >= 4 is 23.2 Å². The average Bonchev–Trinajstić information content (AvgIpc) is 3.45. The van der Waals surface area contributed by atoms with Crippen molar-refractivity contribution in [1.29, 1.82) is 0 Å². The molecule has 152 valence electrons. The maximum Gasteiger partial charge on any atom is 0.286 e. The van der Waals surface area contributed by atoms with Gasteiger partial charge in [0.05, 0.1) is 12.3 Å². The highest BCUT2D eigenvalue weighted by Gasteiger charge is 2.18. The number of nitrogens with one attached hydrogen (secondary N) is 2. The van der Waals surface area contributed by atoms with Crippen molar-refractivity contribution in [1.82, 2.24) is 10.6 Å². The van der Waals surface area contributed by atoms with Crippen LogP contribution in [0.25, 0.3) is 0 Å². The largest absolute Gasteiger partial charge is 0.459 e. The van der Waals surface area contributed by atoms with E-state index < -0.39 is 0 Å². The predicted molar refractivity (Wildman–Crippen MR) is 115 cm³/mol. The number of carbonyl (C=O) groups is 2. The summed E-state index contributed by atoms with van der Waals surface area (Å²) >= 11 is 1.62. The molecule has 2 N–H and O–H groups in total. The van der Waals surface area contributed by atoms with Crippen LogP contribution in [0.3, 0.4) is 0 Å². The summed E-state index contributed by atoms with van der Waals surface area (Å²) in [5.74, 6) is -0.191. The molecule has 0 saturated heterocycles. The van der Waals surface area contributed by atoms with Gasteiger partial charge in [0, 0.05) is 17.8 Å². The van der Waals surface area contributed by atoms with Crippen LogP contribution in [0.2, 0.25) is 0 Å². The number of hydrogen-bond donors (Lipinski definition) is 2. The van der Waals surface area contributed by atoms with Gasteiger partial charge in [-0.2, -0.15) is 0 Å². The molecule has 0 bridgehead atoms. The molecule has 2 heterocycles. The molecule has 3 aromatic rings. The number of furan rings is 1. The lowest BCUT2D eigenvalue weighted by Crippen LogP contribution is -2.33. The molecule has 2 aromatic heterocycles. The van der Waals surface area contributed by atoms with Crippen molar-refractivity contribution in [2.75, 3.05) is 6.54 Å². The summed E-state index contributed by atoms with van der Waals surface area (Å²) in [4.78, 5) is 25.5. The molecule has 0 saturated carbocycles. The Morgan fingerprint density at radius 1 is 1.10 bits per heavy atom. The van der Waals surface area contributed by atoms with Gasteiger partial charge in [-0.25, -0.2) is 0 Å². The fraction of sp³-hybridized carbons (Fsp3) is 0.304. The minimum Gasteiger partial charge on any atom is -0.459 e. The smallest absolute Gasteiger partial charge is 0.286 e. The summed E-state index contributed by atoms with van der Waals surface area (Å²) in [5, 5.41) is 7.81. The summed E-state index contributed by atoms with van der Waals surface area (Å²) in [5.41, 5.74) is 2.37. The van der Waals surface area contributed by atoms with Crippen LogP contribution in [0.1, 0.15) is 58.8 Å².